The molecule has 18 heavy (non-hydrogen) atoms. The van der Waals surface area contributed by atoms with Gasteiger partial charge in [0.1, 0.15) is 11.6 Å². The van der Waals surface area contributed by atoms with Crippen LogP contribution in [0.5, 0.6) is 5.75 Å². The largest absolute Gasteiger partial charge is 0.496 e. The minimum atomic E-state index is -0.423. The lowest BCUT2D eigenvalue weighted by atomic mass is 9.99. The predicted octanol–water partition coefficient (Wildman–Crippen LogP) is 3.64. The van der Waals surface area contributed by atoms with Gasteiger partial charge in [0.15, 0.2) is 0 Å². The SMILES string of the molecule is COc1ccccc1C(N)c1cc(F)cc(Br)c1. The van der Waals surface area contributed by atoms with E-state index in [9.17, 15) is 4.39 Å². The summed E-state index contributed by atoms with van der Waals surface area (Å²) in [7, 11) is 1.59. The Labute approximate surface area is 114 Å². The molecule has 2 aromatic carbocycles. The molecule has 0 aliphatic rings. The number of halogens is 2. The third-order valence-corrected chi connectivity index (χ3v) is 3.18. The summed E-state index contributed by atoms with van der Waals surface area (Å²) >= 11 is 3.26. The van der Waals surface area contributed by atoms with Crippen molar-refractivity contribution in [2.24, 2.45) is 5.73 Å². The standard InChI is InChI=1S/C14H13BrFNO/c1-18-13-5-3-2-4-12(13)14(17)9-6-10(15)8-11(16)7-9/h2-8,14H,17H2,1H3. The highest BCUT2D eigenvalue weighted by Crippen LogP contribution is 2.29. The van der Waals surface area contributed by atoms with Gasteiger partial charge in [0.05, 0.1) is 13.2 Å². The summed E-state index contributed by atoms with van der Waals surface area (Å²) in [5.41, 5.74) is 7.69. The number of benzene rings is 2. The fraction of sp³-hybridized carbons (Fsp3) is 0.143. The van der Waals surface area contributed by atoms with Gasteiger partial charge < -0.3 is 10.5 Å². The maximum absolute atomic E-state index is 13.4. The number of para-hydroxylation sites is 1. The molecule has 0 bridgehead atoms. The molecular formula is C14H13BrFNO. The molecule has 0 fully saturated rings. The number of methoxy groups -OCH3 is 1. The average molecular weight is 310 g/mol. The van der Waals surface area contributed by atoms with Crippen LogP contribution in [-0.2, 0) is 0 Å². The van der Waals surface area contributed by atoms with E-state index in [1.165, 1.54) is 12.1 Å². The van der Waals surface area contributed by atoms with Crippen LogP contribution in [0.2, 0.25) is 0 Å². The van der Waals surface area contributed by atoms with E-state index in [0.717, 1.165) is 5.56 Å². The first-order valence-corrected chi connectivity index (χ1v) is 6.25. The Balaban J connectivity index is 2.44. The van der Waals surface area contributed by atoms with Crippen LogP contribution in [0.1, 0.15) is 17.2 Å². The van der Waals surface area contributed by atoms with E-state index < -0.39 is 6.04 Å². The molecule has 94 valence electrons. The van der Waals surface area contributed by atoms with Gasteiger partial charge in [-0.3, -0.25) is 0 Å². The Morgan fingerprint density at radius 1 is 1.22 bits per heavy atom. The van der Waals surface area contributed by atoms with E-state index in [-0.39, 0.29) is 5.82 Å². The fourth-order valence-electron chi connectivity index (χ4n) is 1.86. The Kier molecular flexibility index (Phi) is 3.99. The van der Waals surface area contributed by atoms with Gasteiger partial charge in [-0.05, 0) is 29.8 Å². The molecule has 0 aromatic heterocycles. The zero-order valence-electron chi connectivity index (χ0n) is 9.86. The number of ether oxygens (including phenoxy) is 1. The minimum Gasteiger partial charge on any atom is -0.496 e. The lowest BCUT2D eigenvalue weighted by Gasteiger charge is -2.16. The van der Waals surface area contributed by atoms with Gasteiger partial charge in [0.25, 0.3) is 0 Å². The smallest absolute Gasteiger partial charge is 0.124 e. The third-order valence-electron chi connectivity index (χ3n) is 2.72. The number of nitrogens with two attached hydrogens (primary N) is 1. The highest BCUT2D eigenvalue weighted by molar-refractivity contribution is 9.10. The summed E-state index contributed by atoms with van der Waals surface area (Å²) < 4.78 is 19.3. The summed E-state index contributed by atoms with van der Waals surface area (Å²) in [6, 6.07) is 11.7. The second-order valence-corrected chi connectivity index (χ2v) is 4.84. The average Bonchev–Trinajstić information content (AvgIpc) is 2.36. The minimum absolute atomic E-state index is 0.315. The molecular weight excluding hydrogens is 297 g/mol. The molecule has 0 aliphatic heterocycles. The van der Waals surface area contributed by atoms with Crippen LogP contribution >= 0.6 is 15.9 Å². The first-order chi connectivity index (χ1) is 8.61. The van der Waals surface area contributed by atoms with Crippen molar-refractivity contribution in [3.05, 3.63) is 63.9 Å². The lowest BCUT2D eigenvalue weighted by molar-refractivity contribution is 0.408. The van der Waals surface area contributed by atoms with Gasteiger partial charge in [0.2, 0.25) is 0 Å². The molecule has 0 saturated carbocycles. The summed E-state index contributed by atoms with van der Waals surface area (Å²) in [6.45, 7) is 0. The molecule has 4 heteroatoms. The molecule has 0 amide bonds. The van der Waals surface area contributed by atoms with Crippen LogP contribution in [0.15, 0.2) is 46.9 Å². The Morgan fingerprint density at radius 2 is 1.94 bits per heavy atom. The van der Waals surface area contributed by atoms with Crippen molar-refractivity contribution in [3.63, 3.8) is 0 Å². The van der Waals surface area contributed by atoms with E-state index in [1.807, 2.05) is 24.3 Å². The first kappa shape index (κ1) is 13.1. The molecule has 0 radical (unpaired) electrons. The van der Waals surface area contributed by atoms with Gasteiger partial charge >= 0.3 is 0 Å². The fourth-order valence-corrected chi connectivity index (χ4v) is 2.34. The van der Waals surface area contributed by atoms with Crippen molar-refractivity contribution in [2.75, 3.05) is 7.11 Å². The zero-order valence-corrected chi connectivity index (χ0v) is 11.4. The van der Waals surface area contributed by atoms with Gasteiger partial charge in [0, 0.05) is 10.0 Å². The van der Waals surface area contributed by atoms with Crippen molar-refractivity contribution >= 4 is 15.9 Å². The summed E-state index contributed by atoms with van der Waals surface area (Å²) in [6.07, 6.45) is 0. The highest BCUT2D eigenvalue weighted by atomic mass is 79.9. The number of rotatable bonds is 3. The Morgan fingerprint density at radius 3 is 2.61 bits per heavy atom. The quantitative estimate of drug-likeness (QED) is 0.939. The monoisotopic (exact) mass is 309 g/mol. The normalized spacial score (nSPS) is 12.2. The van der Waals surface area contributed by atoms with Gasteiger partial charge in [-0.15, -0.1) is 0 Å². The Hall–Kier alpha value is -1.39. The highest BCUT2D eigenvalue weighted by Gasteiger charge is 2.14. The molecule has 1 atom stereocenters. The van der Waals surface area contributed by atoms with Crippen LogP contribution in [0.4, 0.5) is 4.39 Å². The molecule has 2 rings (SSSR count). The molecule has 0 heterocycles. The molecule has 2 N–H and O–H groups in total. The van der Waals surface area contributed by atoms with E-state index in [1.54, 1.807) is 13.2 Å². The molecule has 1 unspecified atom stereocenters. The maximum atomic E-state index is 13.4. The van der Waals surface area contributed by atoms with Crippen molar-refractivity contribution in [3.8, 4) is 5.75 Å². The predicted molar refractivity (Wildman–Crippen MR) is 73.1 cm³/mol. The van der Waals surface area contributed by atoms with Crippen LogP contribution in [0, 0.1) is 5.82 Å². The topological polar surface area (TPSA) is 35.2 Å². The molecule has 2 aromatic rings. The lowest BCUT2D eigenvalue weighted by Crippen LogP contribution is -2.13. The van der Waals surface area contributed by atoms with Crippen molar-refractivity contribution in [2.45, 2.75) is 6.04 Å². The molecule has 0 aliphatic carbocycles. The third kappa shape index (κ3) is 2.71. The number of hydrogen-bond donors (Lipinski definition) is 1. The summed E-state index contributed by atoms with van der Waals surface area (Å²) in [5.74, 6) is 0.384. The van der Waals surface area contributed by atoms with Crippen molar-refractivity contribution in [1.82, 2.24) is 0 Å². The maximum Gasteiger partial charge on any atom is 0.124 e. The summed E-state index contributed by atoms with van der Waals surface area (Å²) in [5, 5.41) is 0. The van der Waals surface area contributed by atoms with Gasteiger partial charge in [-0.25, -0.2) is 4.39 Å². The van der Waals surface area contributed by atoms with Crippen molar-refractivity contribution in [1.29, 1.82) is 0 Å². The Bertz CT molecular complexity index is 539. The second-order valence-electron chi connectivity index (χ2n) is 3.92. The summed E-state index contributed by atoms with van der Waals surface area (Å²) in [4.78, 5) is 0. The van der Waals surface area contributed by atoms with Crippen LogP contribution in [-0.4, -0.2) is 7.11 Å². The van der Waals surface area contributed by atoms with Crippen LogP contribution in [0.25, 0.3) is 0 Å². The molecule has 0 spiro atoms. The number of hydrogen-bond acceptors (Lipinski definition) is 2. The second kappa shape index (κ2) is 5.50. The van der Waals surface area contributed by atoms with E-state index in [2.05, 4.69) is 15.9 Å². The first-order valence-electron chi connectivity index (χ1n) is 5.46. The molecule has 2 nitrogen and oxygen atoms in total. The van der Waals surface area contributed by atoms with E-state index in [0.29, 0.717) is 15.8 Å². The molecule has 0 saturated heterocycles. The zero-order chi connectivity index (χ0) is 13.1. The van der Waals surface area contributed by atoms with Gasteiger partial charge in [-0.1, -0.05) is 34.1 Å². The van der Waals surface area contributed by atoms with E-state index in [4.69, 9.17) is 10.5 Å². The van der Waals surface area contributed by atoms with Gasteiger partial charge in [-0.2, -0.15) is 0 Å². The van der Waals surface area contributed by atoms with E-state index >= 15 is 0 Å². The van der Waals surface area contributed by atoms with Crippen molar-refractivity contribution < 1.29 is 9.13 Å². The van der Waals surface area contributed by atoms with Crippen LogP contribution < -0.4 is 10.5 Å². The van der Waals surface area contributed by atoms with Crippen LogP contribution in [0.3, 0.4) is 0 Å².